The molecule has 0 spiro atoms. The molecule has 1 saturated heterocycles. The summed E-state index contributed by atoms with van der Waals surface area (Å²) in [7, 11) is 0. The van der Waals surface area contributed by atoms with Gasteiger partial charge in [0, 0.05) is 6.54 Å². The van der Waals surface area contributed by atoms with Gasteiger partial charge < -0.3 is 9.84 Å². The first-order chi connectivity index (χ1) is 6.93. The van der Waals surface area contributed by atoms with Crippen molar-refractivity contribution in [2.45, 2.75) is 22.9 Å². The molecule has 0 aliphatic carbocycles. The first-order valence-corrected chi connectivity index (χ1v) is 5.36. The molecule has 1 heterocycles. The fraction of sp³-hybridized carbons (Fsp3) is 0.714. The Labute approximate surface area is 101 Å². The van der Waals surface area contributed by atoms with Gasteiger partial charge in [0.05, 0.1) is 0 Å². The summed E-state index contributed by atoms with van der Waals surface area (Å²) in [5.74, 6) is -1.07. The van der Waals surface area contributed by atoms with E-state index in [4.69, 9.17) is 39.9 Å². The van der Waals surface area contributed by atoms with Crippen LogP contribution in [0.5, 0.6) is 0 Å². The number of carbonyl (C=O) groups is 2. The molecule has 15 heavy (non-hydrogen) atoms. The van der Waals surface area contributed by atoms with Gasteiger partial charge in [0.2, 0.25) is 5.56 Å². The maximum atomic E-state index is 11.3. The van der Waals surface area contributed by atoms with Crippen LogP contribution in [-0.4, -0.2) is 45.1 Å². The number of amides is 1. The fourth-order valence-corrected chi connectivity index (χ4v) is 1.26. The summed E-state index contributed by atoms with van der Waals surface area (Å²) in [4.78, 5) is 21.9. The van der Waals surface area contributed by atoms with E-state index in [-0.39, 0.29) is 0 Å². The average Bonchev–Trinajstić information content (AvgIpc) is 1.99. The van der Waals surface area contributed by atoms with Gasteiger partial charge >= 0.3 is 12.1 Å². The van der Waals surface area contributed by atoms with Crippen LogP contribution < -0.4 is 0 Å². The van der Waals surface area contributed by atoms with Crippen LogP contribution in [0.4, 0.5) is 4.79 Å². The number of hydrogen-bond donors (Lipinski definition) is 1. The molecule has 0 aromatic heterocycles. The lowest BCUT2D eigenvalue weighted by molar-refractivity contribution is -0.147. The van der Waals surface area contributed by atoms with Gasteiger partial charge in [-0.1, -0.05) is 34.8 Å². The number of ether oxygens (including phenoxy) is 1. The molecule has 0 saturated carbocycles. The first kappa shape index (κ1) is 12.7. The van der Waals surface area contributed by atoms with Crippen LogP contribution in [0.25, 0.3) is 0 Å². The van der Waals surface area contributed by atoms with Crippen LogP contribution in [0.1, 0.15) is 6.42 Å². The van der Waals surface area contributed by atoms with Crippen LogP contribution in [-0.2, 0) is 9.53 Å². The van der Waals surface area contributed by atoms with Crippen molar-refractivity contribution in [2.75, 3.05) is 6.54 Å². The van der Waals surface area contributed by atoms with Crippen LogP contribution in [0.3, 0.4) is 0 Å². The Kier molecular flexibility index (Phi) is 4.31. The zero-order valence-electron chi connectivity index (χ0n) is 7.40. The molecule has 86 valence electrons. The Morgan fingerprint density at radius 3 is 2.33 bits per heavy atom. The molecule has 1 aliphatic rings. The quantitative estimate of drug-likeness (QED) is 0.796. The minimum absolute atomic E-state index is 0.328. The number of alkyl halides is 3. The molecule has 1 amide bonds. The van der Waals surface area contributed by atoms with E-state index in [9.17, 15) is 9.59 Å². The largest absolute Gasteiger partial charge is 0.480 e. The van der Waals surface area contributed by atoms with E-state index in [0.717, 1.165) is 4.90 Å². The summed E-state index contributed by atoms with van der Waals surface area (Å²) in [6.45, 7) is 0.328. The van der Waals surface area contributed by atoms with Crippen molar-refractivity contribution in [1.82, 2.24) is 4.90 Å². The van der Waals surface area contributed by atoms with Gasteiger partial charge in [0.25, 0.3) is 0 Å². The van der Waals surface area contributed by atoms with Crippen LogP contribution >= 0.6 is 34.8 Å². The standard InChI is InChI=1S/C7H8Cl3NO4/c8-4(9)5(10)15-7(14)11-2-1-3(11)6(12)13/h3-5H,1-2H2,(H,12,13)/t3-,5?/m0/s1. The molecule has 5 nitrogen and oxygen atoms in total. The number of aliphatic carboxylic acids is 1. The summed E-state index contributed by atoms with van der Waals surface area (Å²) in [5.41, 5.74) is -1.18. The number of rotatable bonds is 3. The molecule has 1 unspecified atom stereocenters. The Bertz CT molecular complexity index is 273. The molecule has 1 fully saturated rings. The Morgan fingerprint density at radius 1 is 1.40 bits per heavy atom. The van der Waals surface area contributed by atoms with Gasteiger partial charge in [-0.2, -0.15) is 0 Å². The van der Waals surface area contributed by atoms with Gasteiger partial charge in [-0.25, -0.2) is 9.59 Å². The van der Waals surface area contributed by atoms with Crippen LogP contribution in [0.2, 0.25) is 0 Å². The molecule has 0 bridgehead atoms. The second-order valence-corrected chi connectivity index (χ2v) is 4.50. The third-order valence-electron chi connectivity index (χ3n) is 1.95. The van der Waals surface area contributed by atoms with E-state index < -0.39 is 28.5 Å². The van der Waals surface area contributed by atoms with Gasteiger partial charge in [-0.05, 0) is 6.42 Å². The fourth-order valence-electron chi connectivity index (χ4n) is 1.08. The Balaban J connectivity index is 2.44. The number of carbonyl (C=O) groups excluding carboxylic acids is 1. The highest BCUT2D eigenvalue weighted by atomic mass is 35.5. The molecule has 1 N–H and O–H groups in total. The summed E-state index contributed by atoms with van der Waals surface area (Å²) in [6.07, 6.45) is -0.414. The first-order valence-electron chi connectivity index (χ1n) is 4.05. The zero-order chi connectivity index (χ0) is 11.6. The summed E-state index contributed by atoms with van der Waals surface area (Å²) >= 11 is 16.2. The second-order valence-electron chi connectivity index (χ2n) is 2.91. The average molecular weight is 277 g/mol. The van der Waals surface area contributed by atoms with E-state index in [0.29, 0.717) is 13.0 Å². The minimum atomic E-state index is -1.18. The van der Waals surface area contributed by atoms with Crippen LogP contribution in [0.15, 0.2) is 0 Å². The molecule has 0 aromatic carbocycles. The second kappa shape index (κ2) is 5.09. The number of nitrogens with zero attached hydrogens (tertiary/aromatic N) is 1. The maximum absolute atomic E-state index is 11.3. The van der Waals surface area contributed by atoms with Gasteiger partial charge in [-0.15, -0.1) is 0 Å². The summed E-state index contributed by atoms with van der Waals surface area (Å²) < 4.78 is 4.62. The van der Waals surface area contributed by atoms with Crippen molar-refractivity contribution in [1.29, 1.82) is 0 Å². The maximum Gasteiger partial charge on any atom is 0.412 e. The third-order valence-corrected chi connectivity index (χ3v) is 3.01. The minimum Gasteiger partial charge on any atom is -0.480 e. The van der Waals surface area contributed by atoms with E-state index in [1.54, 1.807) is 0 Å². The highest BCUT2D eigenvalue weighted by Crippen LogP contribution is 2.22. The van der Waals surface area contributed by atoms with Crippen molar-refractivity contribution in [3.05, 3.63) is 0 Å². The predicted molar refractivity (Wildman–Crippen MR) is 54.4 cm³/mol. The van der Waals surface area contributed by atoms with Crippen molar-refractivity contribution in [2.24, 2.45) is 0 Å². The van der Waals surface area contributed by atoms with Crippen LogP contribution in [0, 0.1) is 0 Å². The van der Waals surface area contributed by atoms with Crippen molar-refractivity contribution in [3.8, 4) is 0 Å². The predicted octanol–water partition coefficient (Wildman–Crippen LogP) is 1.65. The van der Waals surface area contributed by atoms with E-state index >= 15 is 0 Å². The highest BCUT2D eigenvalue weighted by Gasteiger charge is 2.39. The van der Waals surface area contributed by atoms with Crippen molar-refractivity contribution in [3.63, 3.8) is 0 Å². The molecular weight excluding hydrogens is 268 g/mol. The molecule has 8 heteroatoms. The molecular formula is C7H8Cl3NO4. The molecule has 0 aromatic rings. The van der Waals surface area contributed by atoms with Gasteiger partial charge in [0.1, 0.15) is 6.04 Å². The summed E-state index contributed by atoms with van der Waals surface area (Å²) in [5, 5.41) is 8.66. The van der Waals surface area contributed by atoms with E-state index in [2.05, 4.69) is 4.74 Å². The molecule has 1 rings (SSSR count). The smallest absolute Gasteiger partial charge is 0.412 e. The van der Waals surface area contributed by atoms with Gasteiger partial charge in [-0.3, -0.25) is 4.90 Å². The molecule has 2 atom stereocenters. The van der Waals surface area contributed by atoms with E-state index in [1.807, 2.05) is 0 Å². The monoisotopic (exact) mass is 275 g/mol. The number of halogens is 3. The number of carboxylic acids is 1. The zero-order valence-corrected chi connectivity index (χ0v) is 9.67. The number of hydrogen-bond acceptors (Lipinski definition) is 3. The van der Waals surface area contributed by atoms with Crippen molar-refractivity contribution >= 4 is 46.9 Å². The SMILES string of the molecule is O=C(O)[C@@H]1CCN1C(=O)OC(Cl)C(Cl)Cl. The molecule has 0 radical (unpaired) electrons. The topological polar surface area (TPSA) is 66.8 Å². The van der Waals surface area contributed by atoms with Gasteiger partial charge in [0.15, 0.2) is 4.84 Å². The number of likely N-dealkylation sites (tertiary alicyclic amines) is 1. The number of carboxylic acid groups (broad SMARTS) is 1. The summed E-state index contributed by atoms with van der Waals surface area (Å²) in [6, 6.07) is -0.842. The normalized spacial score (nSPS) is 22.1. The lowest BCUT2D eigenvalue weighted by Gasteiger charge is -2.37. The van der Waals surface area contributed by atoms with E-state index in [1.165, 1.54) is 0 Å². The lowest BCUT2D eigenvalue weighted by atomic mass is 10.1. The Morgan fingerprint density at radius 2 is 2.00 bits per heavy atom. The Hall–Kier alpha value is -0.390. The third kappa shape index (κ3) is 3.03. The molecule has 1 aliphatic heterocycles. The van der Waals surface area contributed by atoms with Crippen molar-refractivity contribution < 1.29 is 19.4 Å². The lowest BCUT2D eigenvalue weighted by Crippen LogP contribution is -2.55. The highest BCUT2D eigenvalue weighted by molar-refractivity contribution is 6.48.